The maximum Gasteiger partial charge on any atom is 0.144 e. The van der Waals surface area contributed by atoms with Gasteiger partial charge in [-0.15, -0.1) is 0 Å². The van der Waals surface area contributed by atoms with Crippen LogP contribution in [-0.2, 0) is 0 Å². The molecule has 0 spiro atoms. The van der Waals surface area contributed by atoms with Gasteiger partial charge < -0.3 is 4.42 Å². The van der Waals surface area contributed by atoms with E-state index in [1.807, 2.05) is 23.9 Å². The molecule has 2 bridgehead atoms. The molecule has 2 heteroatoms. The predicted octanol–water partition coefficient (Wildman–Crippen LogP) is 4.76. The Hall–Kier alpha value is -1.31. The summed E-state index contributed by atoms with van der Waals surface area (Å²) in [5.74, 6) is 2.42. The van der Waals surface area contributed by atoms with Crippen LogP contribution in [0, 0.1) is 11.8 Å². The van der Waals surface area contributed by atoms with E-state index in [0.29, 0.717) is 6.04 Å². The van der Waals surface area contributed by atoms with Crippen molar-refractivity contribution in [3.05, 3.63) is 35.3 Å². The van der Waals surface area contributed by atoms with Crippen LogP contribution in [0.5, 0.6) is 0 Å². The maximum atomic E-state index is 5.39. The number of nitrogens with zero attached hydrogens (tertiary/aromatic N) is 1. The van der Waals surface area contributed by atoms with Gasteiger partial charge in [0.2, 0.25) is 0 Å². The van der Waals surface area contributed by atoms with Gasteiger partial charge in [0, 0.05) is 5.92 Å². The normalized spacial score (nSPS) is 33.5. The zero-order valence-electron chi connectivity index (χ0n) is 12.1. The first-order valence-electron chi connectivity index (χ1n) is 8.19. The van der Waals surface area contributed by atoms with Crippen molar-refractivity contribution >= 4 is 6.21 Å². The fourth-order valence-electron chi connectivity index (χ4n) is 4.61. The number of hydrogen-bond donors (Lipinski definition) is 0. The quantitative estimate of drug-likeness (QED) is 0.561. The predicted molar refractivity (Wildman–Crippen MR) is 81.0 cm³/mol. The highest BCUT2D eigenvalue weighted by Gasteiger charge is 2.40. The summed E-state index contributed by atoms with van der Waals surface area (Å²) < 4.78 is 5.39. The Bertz CT molecular complexity index is 526. The van der Waals surface area contributed by atoms with Gasteiger partial charge in [0.1, 0.15) is 5.76 Å². The Balaban J connectivity index is 1.62. The van der Waals surface area contributed by atoms with Crippen LogP contribution in [0.2, 0.25) is 0 Å². The molecule has 20 heavy (non-hydrogen) atoms. The SMILES string of the molecule is C(=N[C@H]1[C@@H]2CCC[C@H]1C1=C(CCCC1)C2)c1ccco1. The Labute approximate surface area is 121 Å². The summed E-state index contributed by atoms with van der Waals surface area (Å²) >= 11 is 0. The molecule has 3 aliphatic rings. The lowest BCUT2D eigenvalue weighted by atomic mass is 9.63. The van der Waals surface area contributed by atoms with Crippen molar-refractivity contribution in [3.8, 4) is 0 Å². The van der Waals surface area contributed by atoms with Gasteiger partial charge in [-0.25, -0.2) is 0 Å². The Morgan fingerprint density at radius 2 is 2.10 bits per heavy atom. The van der Waals surface area contributed by atoms with Crippen molar-refractivity contribution in [2.45, 2.75) is 57.4 Å². The highest BCUT2D eigenvalue weighted by molar-refractivity contribution is 5.75. The standard InChI is InChI=1S/C18H23NO/c1-2-8-16-13(5-1)11-14-6-3-9-17(16)18(14)19-12-15-7-4-10-20-15/h4,7,10,12,14,17-18H,1-3,5-6,8-9,11H2/t14-,17+,18+/m1/s1. The second-order valence-electron chi connectivity index (χ2n) is 6.62. The first-order chi connectivity index (χ1) is 9.92. The van der Waals surface area contributed by atoms with E-state index in [0.717, 1.165) is 17.6 Å². The summed E-state index contributed by atoms with van der Waals surface area (Å²) in [4.78, 5) is 4.95. The molecular formula is C18H23NO. The average molecular weight is 269 g/mol. The van der Waals surface area contributed by atoms with Crippen molar-refractivity contribution in [1.82, 2.24) is 0 Å². The van der Waals surface area contributed by atoms with Crippen LogP contribution < -0.4 is 0 Å². The minimum atomic E-state index is 0.519. The lowest BCUT2D eigenvalue weighted by Crippen LogP contribution is -2.38. The molecule has 0 aromatic carbocycles. The van der Waals surface area contributed by atoms with Gasteiger partial charge in [0.05, 0.1) is 18.5 Å². The molecule has 3 atom stereocenters. The third-order valence-electron chi connectivity index (χ3n) is 5.49. The summed E-state index contributed by atoms with van der Waals surface area (Å²) in [7, 11) is 0. The average Bonchev–Trinajstić information content (AvgIpc) is 2.98. The van der Waals surface area contributed by atoms with E-state index < -0.39 is 0 Å². The van der Waals surface area contributed by atoms with E-state index in [9.17, 15) is 0 Å². The largest absolute Gasteiger partial charge is 0.463 e. The molecule has 1 heterocycles. The minimum absolute atomic E-state index is 0.519. The van der Waals surface area contributed by atoms with Gasteiger partial charge in [-0.1, -0.05) is 17.6 Å². The van der Waals surface area contributed by atoms with Crippen molar-refractivity contribution in [1.29, 1.82) is 0 Å². The maximum absolute atomic E-state index is 5.39. The molecule has 106 valence electrons. The Morgan fingerprint density at radius 3 is 3.00 bits per heavy atom. The fraction of sp³-hybridized carbons (Fsp3) is 0.611. The van der Waals surface area contributed by atoms with E-state index in [4.69, 9.17) is 9.41 Å². The zero-order valence-corrected chi connectivity index (χ0v) is 12.1. The number of furan rings is 1. The minimum Gasteiger partial charge on any atom is -0.463 e. The van der Waals surface area contributed by atoms with Crippen LogP contribution in [0.25, 0.3) is 0 Å². The topological polar surface area (TPSA) is 25.5 Å². The number of hydrogen-bond acceptors (Lipinski definition) is 2. The van der Waals surface area contributed by atoms with Gasteiger partial charge in [-0.3, -0.25) is 4.99 Å². The molecule has 1 fully saturated rings. The molecule has 3 aliphatic carbocycles. The molecule has 0 N–H and O–H groups in total. The van der Waals surface area contributed by atoms with Crippen LogP contribution in [0.15, 0.2) is 39.0 Å². The zero-order chi connectivity index (χ0) is 13.4. The molecule has 1 aromatic rings. The van der Waals surface area contributed by atoms with Gasteiger partial charge in [-0.2, -0.15) is 0 Å². The van der Waals surface area contributed by atoms with Crippen LogP contribution in [0.3, 0.4) is 0 Å². The lowest BCUT2D eigenvalue weighted by molar-refractivity contribution is 0.215. The van der Waals surface area contributed by atoms with Crippen LogP contribution in [0.4, 0.5) is 0 Å². The van der Waals surface area contributed by atoms with E-state index in [1.165, 1.54) is 51.4 Å². The highest BCUT2D eigenvalue weighted by Crippen LogP contribution is 2.49. The molecule has 0 aliphatic heterocycles. The smallest absolute Gasteiger partial charge is 0.144 e. The van der Waals surface area contributed by atoms with E-state index >= 15 is 0 Å². The van der Waals surface area contributed by atoms with Crippen LogP contribution in [0.1, 0.15) is 57.1 Å². The molecule has 4 rings (SSSR count). The Kier molecular flexibility index (Phi) is 3.25. The number of fused-ring (bicyclic) bond motifs is 3. The lowest BCUT2D eigenvalue weighted by Gasteiger charge is -2.44. The summed E-state index contributed by atoms with van der Waals surface area (Å²) in [5.41, 5.74) is 3.61. The fourth-order valence-corrected chi connectivity index (χ4v) is 4.61. The second-order valence-corrected chi connectivity index (χ2v) is 6.62. The summed E-state index contributed by atoms with van der Waals surface area (Å²) in [6, 6.07) is 4.45. The monoisotopic (exact) mass is 269 g/mol. The van der Waals surface area contributed by atoms with E-state index in [1.54, 1.807) is 11.8 Å². The first kappa shape index (κ1) is 12.4. The first-order valence-corrected chi connectivity index (χ1v) is 8.19. The number of rotatable bonds is 2. The third kappa shape index (κ3) is 2.15. The Morgan fingerprint density at radius 1 is 1.15 bits per heavy atom. The molecular weight excluding hydrogens is 246 g/mol. The summed E-state index contributed by atoms with van der Waals surface area (Å²) in [6.07, 6.45) is 14.7. The van der Waals surface area contributed by atoms with E-state index in [-0.39, 0.29) is 0 Å². The van der Waals surface area contributed by atoms with Crippen molar-refractivity contribution < 1.29 is 4.42 Å². The molecule has 1 aromatic heterocycles. The van der Waals surface area contributed by atoms with Crippen LogP contribution in [-0.4, -0.2) is 12.3 Å². The molecule has 2 nitrogen and oxygen atoms in total. The van der Waals surface area contributed by atoms with Crippen molar-refractivity contribution in [2.75, 3.05) is 0 Å². The van der Waals surface area contributed by atoms with Crippen molar-refractivity contribution in [3.63, 3.8) is 0 Å². The third-order valence-corrected chi connectivity index (χ3v) is 5.49. The van der Waals surface area contributed by atoms with Gasteiger partial charge in [0.15, 0.2) is 0 Å². The molecule has 0 unspecified atom stereocenters. The van der Waals surface area contributed by atoms with Gasteiger partial charge >= 0.3 is 0 Å². The number of allylic oxidation sites excluding steroid dienone is 1. The second kappa shape index (κ2) is 5.23. The molecule has 0 radical (unpaired) electrons. The van der Waals surface area contributed by atoms with Crippen LogP contribution >= 0.6 is 0 Å². The summed E-state index contributed by atoms with van der Waals surface area (Å²) in [5, 5.41) is 0. The number of aliphatic imine (C=N–C) groups is 1. The molecule has 0 amide bonds. The van der Waals surface area contributed by atoms with E-state index in [2.05, 4.69) is 0 Å². The molecule has 0 saturated heterocycles. The molecule has 1 saturated carbocycles. The van der Waals surface area contributed by atoms with Gasteiger partial charge in [0.25, 0.3) is 0 Å². The van der Waals surface area contributed by atoms with Gasteiger partial charge in [-0.05, 0) is 63.0 Å². The summed E-state index contributed by atoms with van der Waals surface area (Å²) in [6.45, 7) is 0. The van der Waals surface area contributed by atoms with Crippen molar-refractivity contribution in [2.24, 2.45) is 16.8 Å². The highest BCUT2D eigenvalue weighted by atomic mass is 16.3.